The number of pyridine rings is 1. The molecule has 18 heavy (non-hydrogen) atoms. The molecule has 0 radical (unpaired) electrons. The van der Waals surface area contributed by atoms with Crippen molar-refractivity contribution in [2.45, 2.75) is 11.3 Å². The normalized spacial score (nSPS) is 12.3. The Morgan fingerprint density at radius 3 is 2.39 bits per heavy atom. The second-order valence-electron chi connectivity index (χ2n) is 2.76. The Morgan fingerprint density at radius 2 is 2.00 bits per heavy atom. The fourth-order valence-corrected chi connectivity index (χ4v) is 3.90. The molecule has 0 aliphatic heterocycles. The monoisotopic (exact) mass is 417 g/mol. The van der Waals surface area contributed by atoms with Crippen molar-refractivity contribution in [2.75, 3.05) is 7.11 Å². The van der Waals surface area contributed by atoms with Gasteiger partial charge in [-0.05, 0) is 22.6 Å². The minimum atomic E-state index is -4.99. The van der Waals surface area contributed by atoms with Gasteiger partial charge in [0.15, 0.2) is 5.75 Å². The number of halogens is 5. The summed E-state index contributed by atoms with van der Waals surface area (Å²) in [5.74, 6) is -1.19. The minimum Gasteiger partial charge on any atom is -0.494 e. The molecule has 0 aliphatic carbocycles. The minimum absolute atomic E-state index is 0.274. The number of methoxy groups -OCH3 is 1. The molecule has 0 unspecified atom stereocenters. The van der Waals surface area contributed by atoms with Gasteiger partial charge in [-0.15, -0.1) is 13.2 Å². The predicted octanol–water partition coefficient (Wildman–Crippen LogP) is 2.52. The molecule has 0 aliphatic rings. The van der Waals surface area contributed by atoms with Gasteiger partial charge in [0.05, 0.1) is 16.9 Å². The van der Waals surface area contributed by atoms with Crippen LogP contribution in [0.1, 0.15) is 0 Å². The Kier molecular flexibility index (Phi) is 4.54. The van der Waals surface area contributed by atoms with E-state index in [2.05, 4.69) is 14.5 Å². The van der Waals surface area contributed by atoms with Crippen LogP contribution in [0.15, 0.2) is 11.1 Å². The number of rotatable bonds is 3. The third-order valence-electron chi connectivity index (χ3n) is 1.59. The molecule has 0 N–H and O–H groups in total. The summed E-state index contributed by atoms with van der Waals surface area (Å²) >= 11 is 1.32. The molecule has 0 aromatic carbocycles. The average molecular weight is 418 g/mol. The quantitative estimate of drug-likeness (QED) is 0.559. The summed E-state index contributed by atoms with van der Waals surface area (Å²) in [4.78, 5) is 2.69. The smallest absolute Gasteiger partial charge is 0.494 e. The van der Waals surface area contributed by atoms with E-state index in [0.29, 0.717) is 0 Å². The van der Waals surface area contributed by atoms with Crippen LogP contribution in [0.4, 0.5) is 13.2 Å². The maximum Gasteiger partial charge on any atom is 0.574 e. The molecule has 0 saturated heterocycles. The molecule has 5 nitrogen and oxygen atoms in total. The van der Waals surface area contributed by atoms with Gasteiger partial charge in [0.1, 0.15) is 4.90 Å². The maximum atomic E-state index is 12.1. The van der Waals surface area contributed by atoms with E-state index in [-0.39, 0.29) is 5.75 Å². The first kappa shape index (κ1) is 15.6. The number of ether oxygens (including phenoxy) is 2. The van der Waals surface area contributed by atoms with Crippen LogP contribution in [-0.2, 0) is 9.05 Å². The van der Waals surface area contributed by atoms with E-state index in [1.165, 1.54) is 22.6 Å². The Morgan fingerprint density at radius 1 is 1.44 bits per heavy atom. The Hall–Kier alpha value is -0.490. The van der Waals surface area contributed by atoms with E-state index in [0.717, 1.165) is 13.3 Å². The maximum absolute atomic E-state index is 12.1. The van der Waals surface area contributed by atoms with Crippen LogP contribution in [0.2, 0.25) is 0 Å². The number of aromatic nitrogens is 1. The number of hydrogen-bond donors (Lipinski definition) is 0. The summed E-state index contributed by atoms with van der Waals surface area (Å²) < 4.78 is 66.5. The molecule has 0 amide bonds. The molecule has 0 bridgehead atoms. The van der Waals surface area contributed by atoms with Crippen LogP contribution in [0.5, 0.6) is 11.6 Å². The van der Waals surface area contributed by atoms with Crippen molar-refractivity contribution in [1.29, 1.82) is 0 Å². The highest BCUT2D eigenvalue weighted by Gasteiger charge is 2.35. The number of alkyl halides is 3. The second kappa shape index (κ2) is 5.25. The lowest BCUT2D eigenvalue weighted by atomic mass is 10.4. The van der Waals surface area contributed by atoms with Gasteiger partial charge in [-0.1, -0.05) is 0 Å². The summed E-state index contributed by atoms with van der Waals surface area (Å²) in [5.41, 5.74) is 0. The molecule has 0 saturated carbocycles. The number of nitrogens with zero attached hydrogens (tertiary/aromatic N) is 1. The summed E-state index contributed by atoms with van der Waals surface area (Å²) in [5, 5.41) is 0. The lowest BCUT2D eigenvalue weighted by Crippen LogP contribution is -2.19. The molecule has 1 heterocycles. The first-order valence-electron chi connectivity index (χ1n) is 3.99. The van der Waals surface area contributed by atoms with Gasteiger partial charge >= 0.3 is 6.36 Å². The zero-order valence-corrected chi connectivity index (χ0v) is 12.2. The van der Waals surface area contributed by atoms with Crippen molar-refractivity contribution in [3.8, 4) is 11.6 Å². The largest absolute Gasteiger partial charge is 0.574 e. The molecule has 0 atom stereocenters. The molecule has 1 aromatic rings. The lowest BCUT2D eigenvalue weighted by molar-refractivity contribution is -0.276. The molecule has 0 fully saturated rings. The highest BCUT2D eigenvalue weighted by Crippen LogP contribution is 2.37. The van der Waals surface area contributed by atoms with E-state index < -0.39 is 29.8 Å². The lowest BCUT2D eigenvalue weighted by Gasteiger charge is -2.13. The van der Waals surface area contributed by atoms with Crippen molar-refractivity contribution in [3.05, 3.63) is 9.77 Å². The van der Waals surface area contributed by atoms with Crippen molar-refractivity contribution < 1.29 is 31.1 Å². The summed E-state index contributed by atoms with van der Waals surface area (Å²) in [7, 11) is 1.94. The van der Waals surface area contributed by atoms with E-state index in [1.54, 1.807) is 0 Å². The first-order chi connectivity index (χ1) is 8.06. The van der Waals surface area contributed by atoms with Crippen LogP contribution < -0.4 is 9.47 Å². The predicted molar refractivity (Wildman–Crippen MR) is 63.2 cm³/mol. The fourth-order valence-electron chi connectivity index (χ4n) is 0.991. The van der Waals surface area contributed by atoms with Crippen LogP contribution >= 0.6 is 33.3 Å². The summed E-state index contributed by atoms with van der Waals surface area (Å²) in [6.07, 6.45) is -4.21. The molecular formula is C7H4ClF3INO4S. The standard InChI is InChI=1S/C7H4ClF3INO4S/c1-16-3-2-13-6(17-7(9,10)11)4(12)5(3)18(8,14)15/h2H,1H3. The van der Waals surface area contributed by atoms with Crippen molar-refractivity contribution in [2.24, 2.45) is 0 Å². The van der Waals surface area contributed by atoms with Crippen LogP contribution in [-0.4, -0.2) is 26.9 Å². The van der Waals surface area contributed by atoms with Crippen LogP contribution in [0.3, 0.4) is 0 Å². The highest BCUT2D eigenvalue weighted by atomic mass is 127. The third kappa shape index (κ3) is 3.75. The molecule has 102 valence electrons. The first-order valence-corrected chi connectivity index (χ1v) is 7.38. The van der Waals surface area contributed by atoms with E-state index >= 15 is 0 Å². The second-order valence-corrected chi connectivity index (χ2v) is 6.34. The van der Waals surface area contributed by atoms with Gasteiger partial charge in [-0.2, -0.15) is 0 Å². The molecule has 1 rings (SSSR count). The summed E-state index contributed by atoms with van der Waals surface area (Å²) in [6.45, 7) is 0. The Labute approximate surface area is 118 Å². The van der Waals surface area contributed by atoms with Gasteiger partial charge in [0, 0.05) is 10.7 Å². The van der Waals surface area contributed by atoms with Gasteiger partial charge < -0.3 is 9.47 Å². The van der Waals surface area contributed by atoms with Crippen molar-refractivity contribution in [1.82, 2.24) is 4.98 Å². The fraction of sp³-hybridized carbons (Fsp3) is 0.286. The third-order valence-corrected chi connectivity index (χ3v) is 4.31. The van der Waals surface area contributed by atoms with Gasteiger partial charge in [0.2, 0.25) is 5.88 Å². The molecular weight excluding hydrogens is 413 g/mol. The van der Waals surface area contributed by atoms with Gasteiger partial charge in [-0.3, -0.25) is 0 Å². The van der Waals surface area contributed by atoms with Gasteiger partial charge in [0.25, 0.3) is 9.05 Å². The Bertz CT molecular complexity index is 563. The molecule has 0 spiro atoms. The van der Waals surface area contributed by atoms with E-state index in [9.17, 15) is 21.6 Å². The SMILES string of the molecule is COc1cnc(OC(F)(F)F)c(I)c1S(=O)(=O)Cl. The highest BCUT2D eigenvalue weighted by molar-refractivity contribution is 14.1. The van der Waals surface area contributed by atoms with Crippen molar-refractivity contribution in [3.63, 3.8) is 0 Å². The van der Waals surface area contributed by atoms with E-state index in [4.69, 9.17) is 10.7 Å². The van der Waals surface area contributed by atoms with E-state index in [1.807, 2.05) is 0 Å². The van der Waals surface area contributed by atoms with Crippen molar-refractivity contribution >= 4 is 42.3 Å². The van der Waals surface area contributed by atoms with Crippen LogP contribution in [0, 0.1) is 3.57 Å². The molecule has 11 heteroatoms. The Balaban J connectivity index is 3.45. The zero-order valence-electron chi connectivity index (χ0n) is 8.46. The van der Waals surface area contributed by atoms with Gasteiger partial charge in [-0.25, -0.2) is 13.4 Å². The molecule has 1 aromatic heterocycles. The number of hydrogen-bond acceptors (Lipinski definition) is 5. The van der Waals surface area contributed by atoms with Crippen LogP contribution in [0.25, 0.3) is 0 Å². The topological polar surface area (TPSA) is 65.5 Å². The average Bonchev–Trinajstić information content (AvgIpc) is 2.16. The summed E-state index contributed by atoms with van der Waals surface area (Å²) in [6, 6.07) is 0. The zero-order chi connectivity index (χ0) is 14.1.